The number of hydrogen-bond acceptors (Lipinski definition) is 10. The summed E-state index contributed by atoms with van der Waals surface area (Å²) in [6.07, 6.45) is 0. The Kier molecular flexibility index (Phi) is 10.0. The topological polar surface area (TPSA) is 156 Å². The zero-order valence-corrected chi connectivity index (χ0v) is 24.3. The van der Waals surface area contributed by atoms with E-state index >= 15 is 0 Å². The van der Waals surface area contributed by atoms with Crippen LogP contribution in [0.3, 0.4) is 0 Å². The number of methoxy groups -OCH3 is 2. The molecular formula is C26H25N4NaO7S. The summed E-state index contributed by atoms with van der Waals surface area (Å²) in [5.41, 5.74) is 5.01. The molecular weight excluding hydrogens is 535 g/mol. The summed E-state index contributed by atoms with van der Waals surface area (Å²) < 4.78 is 44.4. The maximum Gasteiger partial charge on any atom is 1.00 e. The normalized spacial score (nSPS) is 12.2. The van der Waals surface area contributed by atoms with Crippen molar-refractivity contribution >= 4 is 20.9 Å². The van der Waals surface area contributed by atoms with Crippen LogP contribution in [0.25, 0.3) is 10.8 Å². The molecule has 0 spiro atoms. The van der Waals surface area contributed by atoms with Gasteiger partial charge in [0.15, 0.2) is 0 Å². The quantitative estimate of drug-likeness (QED) is 0.0915. The summed E-state index contributed by atoms with van der Waals surface area (Å²) in [4.78, 5) is 25.5. The van der Waals surface area contributed by atoms with Crippen molar-refractivity contribution in [3.8, 4) is 11.5 Å². The standard InChI is InChI=1S/C26H24N4O7S.Na.H/c1-36-18-10-6-16(7-11-18)14-27-29-23-20-4-3-5-21(38(33,34)35)22(20)24(26(32)25(23)31)30-28-15-17-8-12-19(37-2)13-9-17;;/h3-13,27-28H,14-15H2,1-2H3,(H,33,34,35);;/q;+1;-1. The molecule has 0 aliphatic heterocycles. The Morgan fingerprint density at radius 1 is 0.769 bits per heavy atom. The van der Waals surface area contributed by atoms with E-state index in [1.54, 1.807) is 62.8 Å². The third-order valence-electron chi connectivity index (χ3n) is 5.70. The second-order valence-electron chi connectivity index (χ2n) is 8.10. The first kappa shape index (κ1) is 30.0. The van der Waals surface area contributed by atoms with Crippen LogP contribution in [0.4, 0.5) is 0 Å². The molecule has 4 rings (SSSR count). The van der Waals surface area contributed by atoms with E-state index in [1.165, 1.54) is 12.1 Å². The fourth-order valence-corrected chi connectivity index (χ4v) is 4.48. The SMILES string of the molecule is COc1ccc(CNN=c2c(=O)c(=O)c(=NNCc3ccc(OC)cc3)c3c(S(=O)(=O)O)cccc23)cc1.[H-].[Na+]. The van der Waals surface area contributed by atoms with Gasteiger partial charge in [0.2, 0.25) is 0 Å². The van der Waals surface area contributed by atoms with E-state index in [0.29, 0.717) is 11.5 Å². The molecule has 0 saturated carbocycles. The molecule has 13 heteroatoms. The zero-order chi connectivity index (χ0) is 27.3. The Labute approximate surface area is 247 Å². The van der Waals surface area contributed by atoms with E-state index in [4.69, 9.17) is 9.47 Å². The predicted molar refractivity (Wildman–Crippen MR) is 141 cm³/mol. The van der Waals surface area contributed by atoms with Gasteiger partial charge in [-0.2, -0.15) is 18.6 Å². The van der Waals surface area contributed by atoms with Crippen molar-refractivity contribution in [3.63, 3.8) is 0 Å². The molecule has 0 heterocycles. The molecule has 0 atom stereocenters. The Balaban J connectivity index is 0.00000280. The second kappa shape index (κ2) is 13.0. The van der Waals surface area contributed by atoms with Gasteiger partial charge in [-0.3, -0.25) is 14.1 Å². The van der Waals surface area contributed by atoms with E-state index in [2.05, 4.69) is 21.1 Å². The van der Waals surface area contributed by atoms with E-state index in [1.807, 2.05) is 0 Å². The summed E-state index contributed by atoms with van der Waals surface area (Å²) in [6, 6.07) is 18.0. The van der Waals surface area contributed by atoms with Crippen LogP contribution >= 0.6 is 0 Å². The van der Waals surface area contributed by atoms with Crippen LogP contribution in [0, 0.1) is 0 Å². The molecule has 0 aliphatic rings. The van der Waals surface area contributed by atoms with E-state index in [9.17, 15) is 22.6 Å². The first-order valence-corrected chi connectivity index (χ1v) is 12.7. The maximum atomic E-state index is 13.1. The summed E-state index contributed by atoms with van der Waals surface area (Å²) in [5, 5.41) is 7.23. The van der Waals surface area contributed by atoms with Crippen LogP contribution in [-0.4, -0.2) is 27.2 Å². The number of benzene rings is 4. The van der Waals surface area contributed by atoms with Gasteiger partial charge in [0.05, 0.1) is 27.3 Å². The molecule has 39 heavy (non-hydrogen) atoms. The first-order chi connectivity index (χ1) is 18.2. The van der Waals surface area contributed by atoms with E-state index in [0.717, 1.165) is 17.2 Å². The third kappa shape index (κ3) is 6.91. The van der Waals surface area contributed by atoms with Crippen molar-refractivity contribution < 1.29 is 53.4 Å². The minimum Gasteiger partial charge on any atom is -1.00 e. The van der Waals surface area contributed by atoms with Gasteiger partial charge in [0.25, 0.3) is 21.0 Å². The number of nitrogens with one attached hydrogen (secondary N) is 2. The van der Waals surface area contributed by atoms with Gasteiger partial charge in [-0.25, -0.2) is 0 Å². The molecule has 0 aliphatic carbocycles. The molecule has 0 unspecified atom stereocenters. The van der Waals surface area contributed by atoms with Crippen molar-refractivity contribution in [2.24, 2.45) is 10.2 Å². The Bertz CT molecular complexity index is 1810. The zero-order valence-electron chi connectivity index (χ0n) is 22.5. The van der Waals surface area contributed by atoms with Crippen LogP contribution in [-0.2, 0) is 23.2 Å². The average molecular weight is 561 g/mol. The molecule has 0 aromatic heterocycles. The van der Waals surface area contributed by atoms with Crippen LogP contribution in [0.2, 0.25) is 0 Å². The van der Waals surface area contributed by atoms with Crippen molar-refractivity contribution in [1.29, 1.82) is 0 Å². The minimum absolute atomic E-state index is 0. The molecule has 198 valence electrons. The van der Waals surface area contributed by atoms with E-state index < -0.39 is 31.2 Å². The van der Waals surface area contributed by atoms with Crippen LogP contribution in [0.1, 0.15) is 12.6 Å². The smallest absolute Gasteiger partial charge is 1.00 e. The monoisotopic (exact) mass is 560 g/mol. The van der Waals surface area contributed by atoms with Gasteiger partial charge < -0.3 is 21.8 Å². The Morgan fingerprint density at radius 2 is 1.23 bits per heavy atom. The van der Waals surface area contributed by atoms with Gasteiger partial charge in [0.1, 0.15) is 27.1 Å². The van der Waals surface area contributed by atoms with Gasteiger partial charge in [-0.15, -0.1) is 0 Å². The summed E-state index contributed by atoms with van der Waals surface area (Å²) in [5.74, 6) is 1.33. The molecule has 3 N–H and O–H groups in total. The van der Waals surface area contributed by atoms with Crippen molar-refractivity contribution in [2.45, 2.75) is 18.0 Å². The van der Waals surface area contributed by atoms with Crippen LogP contribution in [0.15, 0.2) is 91.4 Å². The fraction of sp³-hybridized carbons (Fsp3) is 0.154. The second-order valence-corrected chi connectivity index (χ2v) is 9.49. The summed E-state index contributed by atoms with van der Waals surface area (Å²) in [6.45, 7) is 0.384. The predicted octanol–water partition coefficient (Wildman–Crippen LogP) is -1.97. The molecule has 4 aromatic rings. The Morgan fingerprint density at radius 3 is 1.69 bits per heavy atom. The fourth-order valence-electron chi connectivity index (χ4n) is 3.76. The number of rotatable bonds is 9. The van der Waals surface area contributed by atoms with Crippen molar-refractivity contribution in [1.82, 2.24) is 10.9 Å². The van der Waals surface area contributed by atoms with Gasteiger partial charge in [-0.05, 0) is 41.5 Å². The maximum absolute atomic E-state index is 13.1. The molecule has 0 saturated heterocycles. The molecule has 0 amide bonds. The van der Waals surface area contributed by atoms with Crippen molar-refractivity contribution in [3.05, 3.63) is 109 Å². The molecule has 0 radical (unpaired) electrons. The molecule has 4 aromatic carbocycles. The van der Waals surface area contributed by atoms with E-state index in [-0.39, 0.29) is 60.2 Å². The largest absolute Gasteiger partial charge is 1.00 e. The van der Waals surface area contributed by atoms with Crippen LogP contribution < -0.4 is 71.5 Å². The minimum atomic E-state index is -4.77. The third-order valence-corrected chi connectivity index (χ3v) is 6.59. The first-order valence-electron chi connectivity index (χ1n) is 11.3. The number of nitrogens with zero attached hydrogens (tertiary/aromatic N) is 2. The average Bonchev–Trinajstić information content (AvgIpc) is 2.92. The summed E-state index contributed by atoms with van der Waals surface area (Å²) in [7, 11) is -1.68. The van der Waals surface area contributed by atoms with Crippen molar-refractivity contribution in [2.75, 3.05) is 14.2 Å². The number of ether oxygens (including phenoxy) is 2. The molecule has 11 nitrogen and oxygen atoms in total. The Hall–Kier alpha value is -3.55. The number of hydrogen-bond donors (Lipinski definition) is 3. The van der Waals surface area contributed by atoms with Gasteiger partial charge >= 0.3 is 29.6 Å². The summed E-state index contributed by atoms with van der Waals surface area (Å²) >= 11 is 0. The van der Waals surface area contributed by atoms with Gasteiger partial charge in [0, 0.05) is 10.8 Å². The van der Waals surface area contributed by atoms with Gasteiger partial charge in [-0.1, -0.05) is 36.4 Å². The molecule has 0 bridgehead atoms. The molecule has 0 fully saturated rings. The number of fused-ring (bicyclic) bond motifs is 1. The van der Waals surface area contributed by atoms with Crippen LogP contribution in [0.5, 0.6) is 11.5 Å².